The smallest absolute Gasteiger partial charge is 0.322 e. The van der Waals surface area contributed by atoms with E-state index in [1.54, 1.807) is 29.2 Å². The Balaban J connectivity index is 1.81. The monoisotopic (exact) mass is 428 g/mol. The number of nitrogens with zero attached hydrogens (tertiary/aromatic N) is 3. The Kier molecular flexibility index (Phi) is 5.30. The molecule has 29 heavy (non-hydrogen) atoms. The van der Waals surface area contributed by atoms with Gasteiger partial charge in [0, 0.05) is 27.9 Å². The Hall–Kier alpha value is -2.83. The molecule has 6 nitrogen and oxygen atoms in total. The molecule has 1 aromatic heterocycles. The van der Waals surface area contributed by atoms with E-state index in [9.17, 15) is 4.79 Å². The third-order valence-corrected chi connectivity index (χ3v) is 5.34. The number of allylic oxidation sites excluding steroid dienone is 1. The van der Waals surface area contributed by atoms with Crippen LogP contribution in [0.5, 0.6) is 0 Å². The summed E-state index contributed by atoms with van der Waals surface area (Å²) >= 11 is 12.1. The zero-order valence-corrected chi connectivity index (χ0v) is 17.3. The molecule has 2 amide bonds. The molecular formula is C21H18Cl2N4O2. The maximum absolute atomic E-state index is 12.6. The molecule has 0 radical (unpaired) electrons. The molecular weight excluding hydrogens is 411 g/mol. The van der Waals surface area contributed by atoms with Gasteiger partial charge in [0.25, 0.3) is 5.89 Å². The molecule has 8 heteroatoms. The first-order chi connectivity index (χ1) is 14.0. The van der Waals surface area contributed by atoms with Gasteiger partial charge in [-0.05, 0) is 43.7 Å². The summed E-state index contributed by atoms with van der Waals surface area (Å²) in [5.74, 6) is 0.772. The van der Waals surface area contributed by atoms with Crippen molar-refractivity contribution in [3.05, 3.63) is 75.7 Å². The van der Waals surface area contributed by atoms with Crippen LogP contribution in [0.25, 0.3) is 17.0 Å². The van der Waals surface area contributed by atoms with Crippen molar-refractivity contribution in [3.63, 3.8) is 0 Å². The van der Waals surface area contributed by atoms with Crippen molar-refractivity contribution in [2.24, 2.45) is 0 Å². The van der Waals surface area contributed by atoms with Crippen LogP contribution < -0.4 is 5.32 Å². The van der Waals surface area contributed by atoms with Gasteiger partial charge in [-0.15, -0.1) is 0 Å². The minimum atomic E-state index is -0.435. The highest BCUT2D eigenvalue weighted by Crippen LogP contribution is 2.37. The zero-order valence-electron chi connectivity index (χ0n) is 15.8. The third-order valence-electron chi connectivity index (χ3n) is 4.86. The Bertz CT molecular complexity index is 1090. The number of nitrogens with one attached hydrogen (secondary N) is 1. The van der Waals surface area contributed by atoms with E-state index in [4.69, 9.17) is 27.7 Å². The van der Waals surface area contributed by atoms with Crippen LogP contribution in [0.2, 0.25) is 10.0 Å². The van der Waals surface area contributed by atoms with Gasteiger partial charge >= 0.3 is 6.03 Å². The second-order valence-electron chi connectivity index (χ2n) is 6.61. The number of benzene rings is 2. The number of amides is 2. The van der Waals surface area contributed by atoms with Crippen molar-refractivity contribution in [2.45, 2.75) is 19.9 Å². The average Bonchev–Trinajstić information content (AvgIpc) is 3.18. The van der Waals surface area contributed by atoms with Crippen LogP contribution in [0.15, 0.2) is 58.8 Å². The molecule has 3 aromatic rings. The van der Waals surface area contributed by atoms with Crippen molar-refractivity contribution in [2.75, 3.05) is 6.54 Å². The van der Waals surface area contributed by atoms with Gasteiger partial charge in [0.2, 0.25) is 5.82 Å². The van der Waals surface area contributed by atoms with Gasteiger partial charge in [0.05, 0.1) is 11.6 Å². The number of urea groups is 1. The van der Waals surface area contributed by atoms with Crippen molar-refractivity contribution < 1.29 is 9.32 Å². The lowest BCUT2D eigenvalue weighted by Gasteiger charge is -2.34. The van der Waals surface area contributed by atoms with Gasteiger partial charge in [-0.2, -0.15) is 4.98 Å². The molecule has 2 heterocycles. The first-order valence-electron chi connectivity index (χ1n) is 9.12. The number of aromatic nitrogens is 2. The molecule has 1 aliphatic rings. The van der Waals surface area contributed by atoms with E-state index in [1.165, 1.54) is 0 Å². The molecule has 1 N–H and O–H groups in total. The zero-order chi connectivity index (χ0) is 20.5. The van der Waals surface area contributed by atoms with Gasteiger partial charge < -0.3 is 9.84 Å². The van der Waals surface area contributed by atoms with Gasteiger partial charge in [0.1, 0.15) is 0 Å². The Morgan fingerprint density at radius 3 is 2.59 bits per heavy atom. The highest BCUT2D eigenvalue weighted by molar-refractivity contribution is 6.31. The number of rotatable bonds is 4. The van der Waals surface area contributed by atoms with Crippen molar-refractivity contribution >= 4 is 34.8 Å². The first kappa shape index (κ1) is 19.5. The van der Waals surface area contributed by atoms with E-state index in [0.717, 1.165) is 22.4 Å². The second-order valence-corrected chi connectivity index (χ2v) is 7.48. The van der Waals surface area contributed by atoms with Crippen LogP contribution in [0.3, 0.4) is 0 Å². The van der Waals surface area contributed by atoms with Gasteiger partial charge in [0.15, 0.2) is 0 Å². The summed E-state index contributed by atoms with van der Waals surface area (Å²) in [6, 6.07) is 13.9. The van der Waals surface area contributed by atoms with Crippen LogP contribution in [0.4, 0.5) is 4.79 Å². The highest BCUT2D eigenvalue weighted by atomic mass is 35.5. The summed E-state index contributed by atoms with van der Waals surface area (Å²) in [5.41, 5.74) is 3.13. The number of halogens is 2. The Morgan fingerprint density at radius 1 is 1.14 bits per heavy atom. The molecule has 4 rings (SSSR count). The van der Waals surface area contributed by atoms with Crippen LogP contribution in [0.1, 0.15) is 31.3 Å². The quantitative estimate of drug-likeness (QED) is 0.590. The topological polar surface area (TPSA) is 71.3 Å². The maximum atomic E-state index is 12.6. The average molecular weight is 429 g/mol. The molecule has 0 bridgehead atoms. The standard InChI is InChI=1S/C21H18Cl2N4O2/c1-3-27-12(2)17(18(24-21(27)28)13-7-9-15(22)10-8-13)20-25-19(26-29-20)14-5-4-6-16(23)11-14/h4-11,18H,3H2,1-2H3,(H,24,28). The van der Waals surface area contributed by atoms with Crippen molar-refractivity contribution in [1.82, 2.24) is 20.4 Å². The van der Waals surface area contributed by atoms with Crippen LogP contribution >= 0.6 is 23.2 Å². The number of hydrogen-bond donors (Lipinski definition) is 1. The summed E-state index contributed by atoms with van der Waals surface area (Å²) in [6.45, 7) is 4.31. The molecule has 148 valence electrons. The van der Waals surface area contributed by atoms with Crippen LogP contribution in [-0.2, 0) is 0 Å². The van der Waals surface area contributed by atoms with E-state index in [1.807, 2.05) is 38.1 Å². The fourth-order valence-electron chi connectivity index (χ4n) is 3.42. The fraction of sp³-hybridized carbons (Fsp3) is 0.190. The second kappa shape index (κ2) is 7.89. The SMILES string of the molecule is CCN1C(=O)NC(c2ccc(Cl)cc2)C(c2nc(-c3cccc(Cl)c3)no2)=C1C. The number of carbonyl (C=O) groups is 1. The van der Waals surface area contributed by atoms with Gasteiger partial charge in [-0.1, -0.05) is 52.6 Å². The normalized spacial score (nSPS) is 16.9. The summed E-state index contributed by atoms with van der Waals surface area (Å²) < 4.78 is 5.61. The minimum Gasteiger partial charge on any atom is -0.334 e. The molecule has 1 unspecified atom stereocenters. The molecule has 1 aliphatic heterocycles. The lowest BCUT2D eigenvalue weighted by atomic mass is 9.95. The summed E-state index contributed by atoms with van der Waals surface area (Å²) in [6.07, 6.45) is 0. The first-order valence-corrected chi connectivity index (χ1v) is 9.87. The third kappa shape index (κ3) is 3.73. The minimum absolute atomic E-state index is 0.178. The largest absolute Gasteiger partial charge is 0.334 e. The Morgan fingerprint density at radius 2 is 1.90 bits per heavy atom. The predicted molar refractivity (Wildman–Crippen MR) is 112 cm³/mol. The highest BCUT2D eigenvalue weighted by Gasteiger charge is 2.35. The molecule has 0 fully saturated rings. The maximum Gasteiger partial charge on any atom is 0.322 e. The van der Waals surface area contributed by atoms with E-state index in [-0.39, 0.29) is 6.03 Å². The lowest BCUT2D eigenvalue weighted by Crippen LogP contribution is -2.45. The summed E-state index contributed by atoms with van der Waals surface area (Å²) in [4.78, 5) is 18.8. The molecule has 0 spiro atoms. The molecule has 0 aliphatic carbocycles. The summed E-state index contributed by atoms with van der Waals surface area (Å²) in [5, 5.41) is 8.35. The van der Waals surface area contributed by atoms with E-state index in [2.05, 4.69) is 15.5 Å². The summed E-state index contributed by atoms with van der Waals surface area (Å²) in [7, 11) is 0. The van der Waals surface area contributed by atoms with Gasteiger partial charge in [-0.25, -0.2) is 4.79 Å². The number of carbonyl (C=O) groups excluding carboxylic acids is 1. The molecule has 1 atom stereocenters. The lowest BCUT2D eigenvalue weighted by molar-refractivity contribution is 0.207. The van der Waals surface area contributed by atoms with Crippen LogP contribution in [-0.4, -0.2) is 27.6 Å². The van der Waals surface area contributed by atoms with Crippen molar-refractivity contribution in [1.29, 1.82) is 0 Å². The Labute approximate surface area is 178 Å². The van der Waals surface area contributed by atoms with Crippen LogP contribution in [0, 0.1) is 0 Å². The van der Waals surface area contributed by atoms with Gasteiger partial charge in [-0.3, -0.25) is 4.90 Å². The van der Waals surface area contributed by atoms with Crippen molar-refractivity contribution in [3.8, 4) is 11.4 Å². The predicted octanol–water partition coefficient (Wildman–Crippen LogP) is 5.56. The molecule has 0 saturated heterocycles. The molecule has 0 saturated carbocycles. The van der Waals surface area contributed by atoms with E-state index in [0.29, 0.717) is 28.3 Å². The van der Waals surface area contributed by atoms with E-state index >= 15 is 0 Å². The van der Waals surface area contributed by atoms with E-state index < -0.39 is 6.04 Å². The molecule has 2 aromatic carbocycles. The number of hydrogen-bond acceptors (Lipinski definition) is 4. The fourth-order valence-corrected chi connectivity index (χ4v) is 3.74.